The quantitative estimate of drug-likeness (QED) is 0.888. The Hall–Kier alpha value is -1.20. The third-order valence-corrected chi connectivity index (χ3v) is 4.75. The molecule has 0 amide bonds. The van der Waals surface area contributed by atoms with Crippen molar-refractivity contribution in [1.82, 2.24) is 15.3 Å². The molecule has 1 unspecified atom stereocenters. The Bertz CT molecular complexity index is 548. The van der Waals surface area contributed by atoms with E-state index in [1.807, 2.05) is 0 Å². The molecule has 20 heavy (non-hydrogen) atoms. The van der Waals surface area contributed by atoms with Crippen molar-refractivity contribution in [2.75, 3.05) is 24.5 Å². The van der Waals surface area contributed by atoms with Gasteiger partial charge in [-0.25, -0.2) is 9.97 Å². The molecule has 1 aliphatic rings. The smallest absolute Gasteiger partial charge is 0.140 e. The predicted octanol–water partition coefficient (Wildman–Crippen LogP) is 3.05. The second-order valence-electron chi connectivity index (χ2n) is 5.43. The lowest BCUT2D eigenvalue weighted by Crippen LogP contribution is -2.38. The molecule has 108 valence electrons. The molecule has 0 aliphatic carbocycles. The fourth-order valence-electron chi connectivity index (χ4n) is 2.84. The van der Waals surface area contributed by atoms with E-state index in [1.54, 1.807) is 17.7 Å². The summed E-state index contributed by atoms with van der Waals surface area (Å²) in [6, 6.07) is 2.76. The highest BCUT2D eigenvalue weighted by Crippen LogP contribution is 2.27. The molecular weight excluding hydrogens is 268 g/mol. The van der Waals surface area contributed by atoms with E-state index in [0.717, 1.165) is 30.3 Å². The topological polar surface area (TPSA) is 41.0 Å². The second-order valence-corrected chi connectivity index (χ2v) is 6.32. The summed E-state index contributed by atoms with van der Waals surface area (Å²) >= 11 is 1.69. The predicted molar refractivity (Wildman–Crippen MR) is 85.6 cm³/mol. The van der Waals surface area contributed by atoms with Crippen LogP contribution in [0.25, 0.3) is 10.2 Å². The fraction of sp³-hybridized carbons (Fsp3) is 0.600. The second kappa shape index (κ2) is 6.50. The van der Waals surface area contributed by atoms with Crippen molar-refractivity contribution < 1.29 is 0 Å². The first-order valence-corrected chi connectivity index (χ1v) is 8.43. The van der Waals surface area contributed by atoms with E-state index in [1.165, 1.54) is 31.1 Å². The maximum Gasteiger partial charge on any atom is 0.140 e. The molecule has 3 rings (SSSR count). The lowest BCUT2D eigenvalue weighted by Gasteiger charge is -2.27. The summed E-state index contributed by atoms with van der Waals surface area (Å²) in [5.74, 6) is 1.11. The standard InChI is InChI=1S/C15H22N4S/c1-2-3-8-19(10-12-5-4-7-16-12)14-13-6-9-20-15(13)18-11-17-14/h6,9,11-12,16H,2-5,7-8,10H2,1H3. The Morgan fingerprint density at radius 3 is 3.20 bits per heavy atom. The molecule has 0 spiro atoms. The van der Waals surface area contributed by atoms with Crippen LogP contribution in [0.4, 0.5) is 5.82 Å². The highest BCUT2D eigenvalue weighted by Gasteiger charge is 2.20. The summed E-state index contributed by atoms with van der Waals surface area (Å²) in [5, 5.41) is 6.90. The van der Waals surface area contributed by atoms with Crippen molar-refractivity contribution in [3.05, 3.63) is 17.8 Å². The van der Waals surface area contributed by atoms with Crippen LogP contribution >= 0.6 is 11.3 Å². The molecule has 0 aromatic carbocycles. The van der Waals surface area contributed by atoms with Crippen LogP contribution < -0.4 is 10.2 Å². The van der Waals surface area contributed by atoms with Crippen LogP contribution in [0.5, 0.6) is 0 Å². The molecule has 1 saturated heterocycles. The van der Waals surface area contributed by atoms with Crippen LogP contribution in [0.2, 0.25) is 0 Å². The van der Waals surface area contributed by atoms with Gasteiger partial charge < -0.3 is 10.2 Å². The summed E-state index contributed by atoms with van der Waals surface area (Å²) in [7, 11) is 0. The van der Waals surface area contributed by atoms with E-state index in [9.17, 15) is 0 Å². The molecule has 0 saturated carbocycles. The van der Waals surface area contributed by atoms with E-state index >= 15 is 0 Å². The molecule has 0 radical (unpaired) electrons. The zero-order valence-corrected chi connectivity index (χ0v) is 12.8. The number of hydrogen-bond acceptors (Lipinski definition) is 5. The lowest BCUT2D eigenvalue weighted by atomic mass is 10.2. The van der Waals surface area contributed by atoms with Crippen molar-refractivity contribution in [3.8, 4) is 0 Å². The van der Waals surface area contributed by atoms with Crippen molar-refractivity contribution in [2.45, 2.75) is 38.6 Å². The molecule has 0 bridgehead atoms. The first-order valence-electron chi connectivity index (χ1n) is 7.55. The number of rotatable bonds is 6. The minimum absolute atomic E-state index is 0.607. The fourth-order valence-corrected chi connectivity index (χ4v) is 3.57. The molecule has 1 N–H and O–H groups in total. The third-order valence-electron chi connectivity index (χ3n) is 3.92. The zero-order chi connectivity index (χ0) is 13.8. The van der Waals surface area contributed by atoms with Crippen LogP contribution in [-0.4, -0.2) is 35.6 Å². The monoisotopic (exact) mass is 290 g/mol. The van der Waals surface area contributed by atoms with Crippen LogP contribution in [0.3, 0.4) is 0 Å². The number of nitrogens with zero attached hydrogens (tertiary/aromatic N) is 3. The number of anilines is 1. The average molecular weight is 290 g/mol. The molecule has 1 atom stereocenters. The van der Waals surface area contributed by atoms with Crippen LogP contribution in [0.1, 0.15) is 32.6 Å². The minimum atomic E-state index is 0.607. The van der Waals surface area contributed by atoms with Gasteiger partial charge in [-0.3, -0.25) is 0 Å². The van der Waals surface area contributed by atoms with E-state index < -0.39 is 0 Å². The number of hydrogen-bond donors (Lipinski definition) is 1. The number of fused-ring (bicyclic) bond motifs is 1. The van der Waals surface area contributed by atoms with Crippen molar-refractivity contribution >= 4 is 27.4 Å². The SMILES string of the molecule is CCCCN(CC1CCCN1)c1ncnc2sccc12. The average Bonchev–Trinajstić information content (AvgIpc) is 3.13. The van der Waals surface area contributed by atoms with E-state index in [-0.39, 0.29) is 0 Å². The first-order chi connectivity index (χ1) is 9.88. The molecule has 2 aromatic rings. The number of unbranched alkanes of at least 4 members (excludes halogenated alkanes) is 1. The third kappa shape index (κ3) is 2.94. The summed E-state index contributed by atoms with van der Waals surface area (Å²) in [5.41, 5.74) is 0. The Morgan fingerprint density at radius 1 is 1.45 bits per heavy atom. The van der Waals surface area contributed by atoms with Gasteiger partial charge in [0.05, 0.1) is 5.39 Å². The van der Waals surface area contributed by atoms with E-state index in [2.05, 4.69) is 38.6 Å². The Kier molecular flexibility index (Phi) is 4.47. The summed E-state index contributed by atoms with van der Waals surface area (Å²) < 4.78 is 0. The molecule has 1 fully saturated rings. The van der Waals surface area contributed by atoms with Crippen LogP contribution in [0.15, 0.2) is 17.8 Å². The van der Waals surface area contributed by atoms with Gasteiger partial charge in [0.2, 0.25) is 0 Å². The number of aromatic nitrogens is 2. The van der Waals surface area contributed by atoms with Gasteiger partial charge in [-0.1, -0.05) is 13.3 Å². The van der Waals surface area contributed by atoms with Crippen molar-refractivity contribution in [1.29, 1.82) is 0 Å². The van der Waals surface area contributed by atoms with Gasteiger partial charge in [-0.2, -0.15) is 0 Å². The summed E-state index contributed by atoms with van der Waals surface area (Å²) in [6.45, 7) is 5.54. The van der Waals surface area contributed by atoms with Crippen LogP contribution in [0, 0.1) is 0 Å². The largest absolute Gasteiger partial charge is 0.354 e. The summed E-state index contributed by atoms with van der Waals surface area (Å²) in [4.78, 5) is 12.5. The lowest BCUT2D eigenvalue weighted by molar-refractivity contribution is 0.570. The normalized spacial score (nSPS) is 18.8. The Labute approximate surface area is 124 Å². The number of nitrogens with one attached hydrogen (secondary N) is 1. The van der Waals surface area contributed by atoms with Crippen molar-refractivity contribution in [2.24, 2.45) is 0 Å². The Morgan fingerprint density at radius 2 is 2.40 bits per heavy atom. The molecule has 5 heteroatoms. The summed E-state index contributed by atoms with van der Waals surface area (Å²) in [6.07, 6.45) is 6.70. The van der Waals surface area contributed by atoms with Crippen molar-refractivity contribution in [3.63, 3.8) is 0 Å². The first kappa shape index (κ1) is 13.8. The number of thiophene rings is 1. The van der Waals surface area contributed by atoms with Gasteiger partial charge in [0.1, 0.15) is 17.0 Å². The molecule has 3 heterocycles. The minimum Gasteiger partial charge on any atom is -0.354 e. The van der Waals surface area contributed by atoms with Gasteiger partial charge in [0, 0.05) is 19.1 Å². The van der Waals surface area contributed by atoms with Gasteiger partial charge in [-0.15, -0.1) is 11.3 Å². The van der Waals surface area contributed by atoms with Gasteiger partial charge in [0.15, 0.2) is 0 Å². The van der Waals surface area contributed by atoms with E-state index in [4.69, 9.17) is 0 Å². The van der Waals surface area contributed by atoms with Crippen LogP contribution in [-0.2, 0) is 0 Å². The van der Waals surface area contributed by atoms with E-state index in [0.29, 0.717) is 6.04 Å². The van der Waals surface area contributed by atoms with Gasteiger partial charge in [0.25, 0.3) is 0 Å². The van der Waals surface area contributed by atoms with Gasteiger partial charge in [-0.05, 0) is 37.3 Å². The highest BCUT2D eigenvalue weighted by atomic mass is 32.1. The highest BCUT2D eigenvalue weighted by molar-refractivity contribution is 7.16. The zero-order valence-electron chi connectivity index (χ0n) is 12.0. The molecule has 1 aliphatic heterocycles. The molecule has 2 aromatic heterocycles. The Balaban J connectivity index is 1.84. The molecular formula is C15H22N4S. The molecule has 4 nitrogen and oxygen atoms in total. The van der Waals surface area contributed by atoms with Gasteiger partial charge >= 0.3 is 0 Å². The maximum absolute atomic E-state index is 4.57. The maximum atomic E-state index is 4.57.